The van der Waals surface area contributed by atoms with Gasteiger partial charge in [0.1, 0.15) is 12.4 Å². The van der Waals surface area contributed by atoms with Crippen LogP contribution in [0.25, 0.3) is 0 Å². The first-order valence-corrected chi connectivity index (χ1v) is 4.98. The van der Waals surface area contributed by atoms with Crippen LogP contribution in [0.15, 0.2) is 10.7 Å². The molecule has 0 aromatic rings. The molecule has 0 saturated heterocycles. The number of hydrogen-bond acceptors (Lipinski definition) is 4. The summed E-state index contributed by atoms with van der Waals surface area (Å²) in [5.74, 6) is 0.496. The highest BCUT2D eigenvalue weighted by molar-refractivity contribution is 7.95. The first kappa shape index (κ1) is 11.7. The minimum absolute atomic E-state index is 0. The minimum atomic E-state index is -3.09. The zero-order chi connectivity index (χ0) is 8.48. The van der Waals surface area contributed by atoms with Crippen molar-refractivity contribution in [1.82, 2.24) is 0 Å². The second kappa shape index (κ2) is 4.11. The van der Waals surface area contributed by atoms with Gasteiger partial charge in [0, 0.05) is 6.54 Å². The highest BCUT2D eigenvalue weighted by Crippen LogP contribution is 2.17. The van der Waals surface area contributed by atoms with Gasteiger partial charge in [0.05, 0.1) is 10.7 Å². The summed E-state index contributed by atoms with van der Waals surface area (Å²) in [6.45, 7) is 1.91. The third-order valence-electron chi connectivity index (χ3n) is 1.62. The van der Waals surface area contributed by atoms with Crippen LogP contribution in [-0.4, -0.2) is 27.3 Å². The van der Waals surface area contributed by atoms with E-state index in [4.69, 9.17) is 10.5 Å². The number of halogens is 1. The lowest BCUT2D eigenvalue weighted by molar-refractivity contribution is 0.225. The molecule has 0 aromatic heterocycles. The molecule has 0 amide bonds. The summed E-state index contributed by atoms with van der Waals surface area (Å²) in [4.78, 5) is 0.240. The van der Waals surface area contributed by atoms with E-state index in [0.29, 0.717) is 5.76 Å². The van der Waals surface area contributed by atoms with Gasteiger partial charge in [-0.1, -0.05) is 0 Å². The molecular weight excluding hydrogens is 202 g/mol. The van der Waals surface area contributed by atoms with Crippen molar-refractivity contribution in [2.45, 2.75) is 6.92 Å². The molecule has 0 fully saturated rings. The maximum Gasteiger partial charge on any atom is 0.182 e. The highest BCUT2D eigenvalue weighted by Gasteiger charge is 2.24. The van der Waals surface area contributed by atoms with E-state index < -0.39 is 9.84 Å². The average Bonchev–Trinajstić information content (AvgIpc) is 1.86. The van der Waals surface area contributed by atoms with Crippen molar-refractivity contribution in [1.29, 1.82) is 0 Å². The molecule has 12 heavy (non-hydrogen) atoms. The Balaban J connectivity index is 0.00000121. The first-order chi connectivity index (χ1) is 5.08. The van der Waals surface area contributed by atoms with Crippen LogP contribution in [0.2, 0.25) is 0 Å². The molecule has 0 unspecified atom stereocenters. The first-order valence-electron chi connectivity index (χ1n) is 3.33. The maximum absolute atomic E-state index is 11.2. The van der Waals surface area contributed by atoms with Crippen LogP contribution >= 0.6 is 12.4 Å². The Labute approximate surface area is 78.1 Å². The molecule has 1 rings (SSSR count). The summed E-state index contributed by atoms with van der Waals surface area (Å²) < 4.78 is 27.4. The Morgan fingerprint density at radius 3 is 2.50 bits per heavy atom. The van der Waals surface area contributed by atoms with Crippen LogP contribution in [0, 0.1) is 0 Å². The number of allylic oxidation sites excluding steroid dienone is 1. The van der Waals surface area contributed by atoms with Crippen LogP contribution < -0.4 is 5.73 Å². The number of nitrogens with two attached hydrogens (primary N) is 1. The van der Waals surface area contributed by atoms with Gasteiger partial charge in [-0.05, 0) is 6.92 Å². The van der Waals surface area contributed by atoms with Gasteiger partial charge in [0.15, 0.2) is 9.84 Å². The summed E-state index contributed by atoms with van der Waals surface area (Å²) in [5.41, 5.74) is 5.25. The molecule has 6 heteroatoms. The minimum Gasteiger partial charge on any atom is -0.496 e. The van der Waals surface area contributed by atoms with Crippen molar-refractivity contribution in [3.8, 4) is 0 Å². The van der Waals surface area contributed by atoms with Gasteiger partial charge in [-0.3, -0.25) is 0 Å². The van der Waals surface area contributed by atoms with Crippen molar-refractivity contribution < 1.29 is 13.2 Å². The molecule has 1 aliphatic rings. The fourth-order valence-corrected chi connectivity index (χ4v) is 2.30. The lowest BCUT2D eigenvalue weighted by Crippen LogP contribution is -2.25. The quantitative estimate of drug-likeness (QED) is 0.668. The molecule has 0 spiro atoms. The normalized spacial score (nSPS) is 21.2. The fourth-order valence-electron chi connectivity index (χ4n) is 0.998. The molecule has 1 aliphatic heterocycles. The average molecular weight is 214 g/mol. The van der Waals surface area contributed by atoms with E-state index in [1.807, 2.05) is 0 Å². The van der Waals surface area contributed by atoms with Crippen LogP contribution in [0.5, 0.6) is 0 Å². The summed E-state index contributed by atoms with van der Waals surface area (Å²) in [6.07, 6.45) is 0. The lowest BCUT2D eigenvalue weighted by Gasteiger charge is -2.17. The molecule has 4 nitrogen and oxygen atoms in total. The van der Waals surface area contributed by atoms with E-state index in [0.717, 1.165) is 0 Å². The summed E-state index contributed by atoms with van der Waals surface area (Å²) in [5, 5.41) is 0. The van der Waals surface area contributed by atoms with Crippen LogP contribution in [0.1, 0.15) is 6.92 Å². The van der Waals surface area contributed by atoms with E-state index in [9.17, 15) is 8.42 Å². The molecule has 0 aliphatic carbocycles. The summed E-state index contributed by atoms with van der Waals surface area (Å²) >= 11 is 0. The van der Waals surface area contributed by atoms with E-state index in [1.165, 1.54) is 0 Å². The van der Waals surface area contributed by atoms with Crippen LogP contribution in [0.3, 0.4) is 0 Å². The van der Waals surface area contributed by atoms with Gasteiger partial charge in [0.25, 0.3) is 0 Å². The fraction of sp³-hybridized carbons (Fsp3) is 0.667. The Hall–Kier alpha value is -0.260. The molecule has 0 bridgehead atoms. The zero-order valence-electron chi connectivity index (χ0n) is 6.74. The van der Waals surface area contributed by atoms with Crippen molar-refractivity contribution in [3.05, 3.63) is 10.7 Å². The Kier molecular flexibility index (Phi) is 4.02. The molecule has 0 aromatic carbocycles. The highest BCUT2D eigenvalue weighted by atomic mass is 35.5. The summed E-state index contributed by atoms with van der Waals surface area (Å²) in [6, 6.07) is 0. The maximum atomic E-state index is 11.2. The predicted octanol–water partition coefficient (Wildman–Crippen LogP) is 0.0434. The lowest BCUT2D eigenvalue weighted by atomic mass is 10.4. The van der Waals surface area contributed by atoms with E-state index >= 15 is 0 Å². The standard InChI is InChI=1S/C6H11NO3S.ClH/c1-5-6(4-7)11(8,9)3-2-10-5;/h2-4,7H2,1H3;1H. The topological polar surface area (TPSA) is 69.4 Å². The van der Waals surface area contributed by atoms with Gasteiger partial charge in [-0.2, -0.15) is 0 Å². The molecule has 1 heterocycles. The molecule has 0 atom stereocenters. The second-order valence-corrected chi connectivity index (χ2v) is 4.48. The van der Waals surface area contributed by atoms with Gasteiger partial charge in [-0.25, -0.2) is 8.42 Å². The number of ether oxygens (including phenoxy) is 1. The third kappa shape index (κ3) is 2.12. The van der Waals surface area contributed by atoms with Gasteiger partial charge in [-0.15, -0.1) is 12.4 Å². The van der Waals surface area contributed by atoms with Crippen molar-refractivity contribution in [2.24, 2.45) is 5.73 Å². The molecular formula is C6H12ClNO3S. The van der Waals surface area contributed by atoms with Crippen LogP contribution in [-0.2, 0) is 14.6 Å². The van der Waals surface area contributed by atoms with Gasteiger partial charge in [0.2, 0.25) is 0 Å². The molecule has 72 valence electrons. The third-order valence-corrected chi connectivity index (χ3v) is 3.53. The van der Waals surface area contributed by atoms with Crippen molar-refractivity contribution in [3.63, 3.8) is 0 Å². The van der Waals surface area contributed by atoms with E-state index in [-0.39, 0.29) is 36.2 Å². The number of hydrogen-bond donors (Lipinski definition) is 1. The smallest absolute Gasteiger partial charge is 0.182 e. The Bertz CT molecular complexity index is 283. The second-order valence-electron chi connectivity index (χ2n) is 2.35. The number of rotatable bonds is 1. The number of sulfone groups is 1. The largest absolute Gasteiger partial charge is 0.496 e. The van der Waals surface area contributed by atoms with E-state index in [1.54, 1.807) is 6.92 Å². The van der Waals surface area contributed by atoms with Crippen LogP contribution in [0.4, 0.5) is 0 Å². The van der Waals surface area contributed by atoms with Crippen molar-refractivity contribution >= 4 is 22.2 Å². The van der Waals surface area contributed by atoms with Gasteiger partial charge < -0.3 is 10.5 Å². The van der Waals surface area contributed by atoms with E-state index in [2.05, 4.69) is 0 Å². The predicted molar refractivity (Wildman–Crippen MR) is 48.7 cm³/mol. The Morgan fingerprint density at radius 2 is 2.17 bits per heavy atom. The zero-order valence-corrected chi connectivity index (χ0v) is 8.37. The van der Waals surface area contributed by atoms with Gasteiger partial charge >= 0.3 is 0 Å². The van der Waals surface area contributed by atoms with Crippen molar-refractivity contribution in [2.75, 3.05) is 18.9 Å². The molecule has 0 radical (unpaired) electrons. The SMILES string of the molecule is CC1=C(CN)S(=O)(=O)CCO1.Cl. The Morgan fingerprint density at radius 1 is 1.58 bits per heavy atom. The summed E-state index contributed by atoms with van der Waals surface area (Å²) in [7, 11) is -3.09. The molecule has 0 saturated carbocycles. The monoisotopic (exact) mass is 213 g/mol. The molecule has 2 N–H and O–H groups in total.